The van der Waals surface area contributed by atoms with E-state index in [9.17, 15) is 0 Å². The molecule has 0 saturated carbocycles. The predicted molar refractivity (Wildman–Crippen MR) is 89.1 cm³/mol. The van der Waals surface area contributed by atoms with Gasteiger partial charge in [-0.15, -0.1) is 11.3 Å². The Morgan fingerprint density at radius 2 is 2.05 bits per heavy atom. The maximum absolute atomic E-state index is 6.01. The number of nitrogens with zero attached hydrogens (tertiary/aromatic N) is 1. The van der Waals surface area contributed by atoms with E-state index in [-0.39, 0.29) is 0 Å². The molecule has 2 rings (SSSR count). The van der Waals surface area contributed by atoms with Crippen LogP contribution in [0.15, 0.2) is 29.6 Å². The molecular formula is C17H24N2OS. The first-order chi connectivity index (χ1) is 10.2. The molecule has 0 amide bonds. The number of para-hydroxylation sites is 1. The highest BCUT2D eigenvalue weighted by atomic mass is 32.1. The van der Waals surface area contributed by atoms with Crippen LogP contribution in [0.3, 0.4) is 0 Å². The monoisotopic (exact) mass is 304 g/mol. The third-order valence-corrected chi connectivity index (χ3v) is 4.68. The molecule has 1 N–H and O–H groups in total. The highest BCUT2D eigenvalue weighted by Gasteiger charge is 2.13. The first-order valence-corrected chi connectivity index (χ1v) is 8.37. The number of nitrogens with one attached hydrogen (secondary N) is 1. The molecule has 0 aliphatic heterocycles. The standard InChI is InChI=1S/C17H24N2OS/c1-5-15(18-4)14-8-6-7-9-16(14)20-10-13-11-21-17(19-13)12(2)3/h6-9,11-12,15,18H,5,10H2,1-4H3. The lowest BCUT2D eigenvalue weighted by atomic mass is 10.0. The van der Waals surface area contributed by atoms with Crippen LogP contribution in [-0.2, 0) is 6.61 Å². The van der Waals surface area contributed by atoms with E-state index >= 15 is 0 Å². The molecule has 1 unspecified atom stereocenters. The molecule has 21 heavy (non-hydrogen) atoms. The van der Waals surface area contributed by atoms with Crippen LogP contribution in [0.4, 0.5) is 0 Å². The molecule has 0 fully saturated rings. The van der Waals surface area contributed by atoms with Crippen molar-refractivity contribution >= 4 is 11.3 Å². The number of aromatic nitrogens is 1. The Labute approximate surface area is 131 Å². The topological polar surface area (TPSA) is 34.1 Å². The molecule has 0 saturated heterocycles. The Hall–Kier alpha value is -1.39. The highest BCUT2D eigenvalue weighted by Crippen LogP contribution is 2.28. The number of thiazole rings is 1. The fourth-order valence-corrected chi connectivity index (χ4v) is 3.10. The second-order valence-corrected chi connectivity index (χ2v) is 6.30. The van der Waals surface area contributed by atoms with Crippen LogP contribution in [-0.4, -0.2) is 12.0 Å². The van der Waals surface area contributed by atoms with Gasteiger partial charge in [0.05, 0.1) is 10.7 Å². The van der Waals surface area contributed by atoms with E-state index in [1.165, 1.54) is 10.6 Å². The van der Waals surface area contributed by atoms with E-state index < -0.39 is 0 Å². The van der Waals surface area contributed by atoms with Gasteiger partial charge in [0.2, 0.25) is 0 Å². The van der Waals surface area contributed by atoms with Crippen LogP contribution in [0.1, 0.15) is 55.4 Å². The van der Waals surface area contributed by atoms with Crippen molar-refractivity contribution in [2.75, 3.05) is 7.05 Å². The van der Waals surface area contributed by atoms with Crippen molar-refractivity contribution in [1.82, 2.24) is 10.3 Å². The molecule has 1 aromatic carbocycles. The number of hydrogen-bond donors (Lipinski definition) is 1. The first kappa shape index (κ1) is 16.0. The predicted octanol–water partition coefficient (Wildman–Crippen LogP) is 4.52. The molecule has 2 aromatic rings. The maximum Gasteiger partial charge on any atom is 0.131 e. The lowest BCUT2D eigenvalue weighted by Gasteiger charge is -2.18. The Bertz CT molecular complexity index is 561. The van der Waals surface area contributed by atoms with Crippen molar-refractivity contribution in [1.29, 1.82) is 0 Å². The molecule has 0 radical (unpaired) electrons. The third kappa shape index (κ3) is 4.05. The minimum absolute atomic E-state index is 0.322. The minimum Gasteiger partial charge on any atom is -0.487 e. The van der Waals surface area contributed by atoms with Gasteiger partial charge in [-0.05, 0) is 19.5 Å². The van der Waals surface area contributed by atoms with Gasteiger partial charge in [0.25, 0.3) is 0 Å². The summed E-state index contributed by atoms with van der Waals surface area (Å²) in [5.74, 6) is 1.42. The summed E-state index contributed by atoms with van der Waals surface area (Å²) in [7, 11) is 1.99. The van der Waals surface area contributed by atoms with Gasteiger partial charge in [0.1, 0.15) is 12.4 Å². The summed E-state index contributed by atoms with van der Waals surface area (Å²) in [6.07, 6.45) is 1.03. The van der Waals surface area contributed by atoms with Gasteiger partial charge in [0, 0.05) is 22.9 Å². The number of rotatable bonds is 7. The first-order valence-electron chi connectivity index (χ1n) is 7.49. The Morgan fingerprint density at radius 1 is 1.29 bits per heavy atom. The van der Waals surface area contributed by atoms with E-state index in [4.69, 9.17) is 4.74 Å². The summed E-state index contributed by atoms with van der Waals surface area (Å²) in [4.78, 5) is 4.62. The van der Waals surface area contributed by atoms with E-state index in [1.54, 1.807) is 11.3 Å². The molecule has 0 bridgehead atoms. The van der Waals surface area contributed by atoms with E-state index in [2.05, 4.69) is 48.6 Å². The van der Waals surface area contributed by atoms with Crippen molar-refractivity contribution in [2.45, 2.75) is 45.8 Å². The fraction of sp³-hybridized carbons (Fsp3) is 0.471. The second-order valence-electron chi connectivity index (χ2n) is 5.41. The number of ether oxygens (including phenoxy) is 1. The summed E-state index contributed by atoms with van der Waals surface area (Å²) < 4.78 is 6.01. The van der Waals surface area contributed by atoms with Crippen LogP contribution in [0, 0.1) is 0 Å². The average molecular weight is 304 g/mol. The quantitative estimate of drug-likeness (QED) is 0.817. The maximum atomic E-state index is 6.01. The molecule has 1 aromatic heterocycles. The van der Waals surface area contributed by atoms with Gasteiger partial charge >= 0.3 is 0 Å². The summed E-state index contributed by atoms with van der Waals surface area (Å²) in [5.41, 5.74) is 2.22. The van der Waals surface area contributed by atoms with Gasteiger partial charge in [-0.3, -0.25) is 0 Å². The molecule has 0 aliphatic carbocycles. The second kappa shape index (κ2) is 7.57. The van der Waals surface area contributed by atoms with E-state index in [0.29, 0.717) is 18.6 Å². The third-order valence-electron chi connectivity index (χ3n) is 3.49. The highest BCUT2D eigenvalue weighted by molar-refractivity contribution is 7.09. The fourth-order valence-electron chi connectivity index (χ4n) is 2.29. The normalized spacial score (nSPS) is 12.6. The smallest absolute Gasteiger partial charge is 0.131 e. The van der Waals surface area contributed by atoms with Crippen molar-refractivity contribution in [3.05, 3.63) is 45.9 Å². The van der Waals surface area contributed by atoms with Gasteiger partial charge < -0.3 is 10.1 Å². The van der Waals surface area contributed by atoms with Gasteiger partial charge in [-0.25, -0.2) is 4.98 Å². The van der Waals surface area contributed by atoms with Crippen molar-refractivity contribution in [3.8, 4) is 5.75 Å². The Morgan fingerprint density at radius 3 is 2.67 bits per heavy atom. The molecule has 114 valence electrons. The summed E-state index contributed by atoms with van der Waals surface area (Å²) in [6, 6.07) is 8.55. The van der Waals surface area contributed by atoms with Gasteiger partial charge in [-0.1, -0.05) is 39.0 Å². The molecule has 1 atom stereocenters. The zero-order valence-corrected chi connectivity index (χ0v) is 14.0. The molecule has 4 heteroatoms. The minimum atomic E-state index is 0.322. The van der Waals surface area contributed by atoms with E-state index in [0.717, 1.165) is 17.9 Å². The number of benzene rings is 1. The van der Waals surface area contributed by atoms with Crippen LogP contribution >= 0.6 is 11.3 Å². The number of hydrogen-bond acceptors (Lipinski definition) is 4. The van der Waals surface area contributed by atoms with Crippen LogP contribution in [0.5, 0.6) is 5.75 Å². The van der Waals surface area contributed by atoms with Crippen molar-refractivity contribution in [3.63, 3.8) is 0 Å². The molecule has 3 nitrogen and oxygen atoms in total. The molecule has 1 heterocycles. The Balaban J connectivity index is 2.08. The van der Waals surface area contributed by atoms with Crippen molar-refractivity contribution < 1.29 is 4.74 Å². The lowest BCUT2D eigenvalue weighted by molar-refractivity contribution is 0.295. The largest absolute Gasteiger partial charge is 0.487 e. The summed E-state index contributed by atoms with van der Waals surface area (Å²) in [5, 5.41) is 6.59. The van der Waals surface area contributed by atoms with Crippen LogP contribution < -0.4 is 10.1 Å². The van der Waals surface area contributed by atoms with Gasteiger partial charge in [-0.2, -0.15) is 0 Å². The molecular weight excluding hydrogens is 280 g/mol. The van der Waals surface area contributed by atoms with Crippen LogP contribution in [0.2, 0.25) is 0 Å². The SMILES string of the molecule is CCC(NC)c1ccccc1OCc1csc(C(C)C)n1. The van der Waals surface area contributed by atoms with E-state index in [1.807, 2.05) is 19.2 Å². The molecule has 0 aliphatic rings. The summed E-state index contributed by atoms with van der Waals surface area (Å²) >= 11 is 1.71. The Kier molecular flexibility index (Phi) is 5.76. The van der Waals surface area contributed by atoms with Gasteiger partial charge in [0.15, 0.2) is 0 Å². The lowest BCUT2D eigenvalue weighted by Crippen LogP contribution is -2.16. The average Bonchev–Trinajstić information content (AvgIpc) is 2.97. The zero-order valence-electron chi connectivity index (χ0n) is 13.2. The summed E-state index contributed by atoms with van der Waals surface area (Å²) in [6.45, 7) is 7.03. The van der Waals surface area contributed by atoms with Crippen molar-refractivity contribution in [2.24, 2.45) is 0 Å². The zero-order chi connectivity index (χ0) is 15.2. The molecule has 0 spiro atoms. The van der Waals surface area contributed by atoms with Crippen LogP contribution in [0.25, 0.3) is 0 Å².